The molecule has 0 heterocycles. The number of halogens is 3. The van der Waals surface area contributed by atoms with Gasteiger partial charge in [-0.15, -0.1) is 0 Å². The van der Waals surface area contributed by atoms with Gasteiger partial charge < -0.3 is 24.8 Å². The number of benzene rings is 1. The van der Waals surface area contributed by atoms with Crippen LogP contribution in [-0.2, 0) is 0 Å². The van der Waals surface area contributed by atoms with Crippen LogP contribution in [0.2, 0.25) is 5.02 Å². The van der Waals surface area contributed by atoms with Crippen LogP contribution in [0.5, 0.6) is 0 Å². The first-order valence-electron chi connectivity index (χ1n) is 2.51. The summed E-state index contributed by atoms with van der Waals surface area (Å²) in [5.74, 6) is 0. The molecular formula is C7H7Cl3Mg. The molecule has 0 aliphatic rings. The molecule has 0 aromatic heterocycles. The summed E-state index contributed by atoms with van der Waals surface area (Å²) in [7, 11) is 0. The quantitative estimate of drug-likeness (QED) is 0.396. The second-order valence-corrected chi connectivity index (χ2v) is 2.24. The molecule has 0 saturated carbocycles. The molecular weight excluding hydrogens is 215 g/mol. The Balaban J connectivity index is -0.000000213. The Hall–Kier alpha value is 0.856. The van der Waals surface area contributed by atoms with Crippen molar-refractivity contribution in [2.24, 2.45) is 0 Å². The Morgan fingerprint density at radius 2 is 1.73 bits per heavy atom. The first kappa shape index (κ1) is 17.8. The van der Waals surface area contributed by atoms with Crippen molar-refractivity contribution >= 4 is 34.7 Å². The van der Waals surface area contributed by atoms with Crippen LogP contribution in [0.4, 0.5) is 0 Å². The molecule has 0 spiro atoms. The van der Waals surface area contributed by atoms with Gasteiger partial charge in [0.05, 0.1) is 0 Å². The minimum Gasteiger partial charge on any atom is -1.00 e. The zero-order valence-corrected chi connectivity index (χ0v) is 9.83. The molecule has 0 aliphatic heterocycles. The van der Waals surface area contributed by atoms with Crippen molar-refractivity contribution < 1.29 is 24.8 Å². The van der Waals surface area contributed by atoms with E-state index in [4.69, 9.17) is 11.6 Å². The number of hydrogen-bond acceptors (Lipinski definition) is 0. The first-order valence-corrected chi connectivity index (χ1v) is 2.89. The Morgan fingerprint density at radius 3 is 2.00 bits per heavy atom. The molecule has 0 aliphatic carbocycles. The van der Waals surface area contributed by atoms with Gasteiger partial charge in [0.15, 0.2) is 0 Å². The van der Waals surface area contributed by atoms with E-state index in [1.54, 1.807) is 0 Å². The third-order valence-corrected chi connectivity index (χ3v) is 1.22. The van der Waals surface area contributed by atoms with Crippen molar-refractivity contribution in [2.75, 3.05) is 0 Å². The Bertz CT molecular complexity index is 174. The molecule has 58 valence electrons. The predicted octanol–water partition coefficient (Wildman–Crippen LogP) is -3.72. The normalized spacial score (nSPS) is 6.73. The summed E-state index contributed by atoms with van der Waals surface area (Å²) in [6.45, 7) is 2.02. The van der Waals surface area contributed by atoms with E-state index in [9.17, 15) is 0 Å². The number of hydrogen-bond donors (Lipinski definition) is 0. The van der Waals surface area contributed by atoms with E-state index in [1.165, 1.54) is 5.56 Å². The zero-order valence-electron chi connectivity index (χ0n) is 6.15. The molecule has 0 bridgehead atoms. The second-order valence-electron chi connectivity index (χ2n) is 1.80. The third-order valence-electron chi connectivity index (χ3n) is 0.980. The van der Waals surface area contributed by atoms with Crippen LogP contribution in [0.25, 0.3) is 0 Å². The number of rotatable bonds is 0. The van der Waals surface area contributed by atoms with Gasteiger partial charge in [-0.3, -0.25) is 0 Å². The van der Waals surface area contributed by atoms with E-state index in [2.05, 4.69) is 0 Å². The van der Waals surface area contributed by atoms with E-state index in [0.29, 0.717) is 0 Å². The van der Waals surface area contributed by atoms with Gasteiger partial charge in [0.2, 0.25) is 0 Å². The predicted molar refractivity (Wildman–Crippen MR) is 41.9 cm³/mol. The molecule has 0 amide bonds. The van der Waals surface area contributed by atoms with Crippen molar-refractivity contribution in [1.82, 2.24) is 0 Å². The van der Waals surface area contributed by atoms with Gasteiger partial charge in [-0.25, -0.2) is 0 Å². The van der Waals surface area contributed by atoms with Gasteiger partial charge in [0, 0.05) is 5.02 Å². The molecule has 11 heavy (non-hydrogen) atoms. The zero-order chi connectivity index (χ0) is 5.98. The van der Waals surface area contributed by atoms with Gasteiger partial charge in [-0.05, 0) is 24.6 Å². The maximum Gasteiger partial charge on any atom is 2.00 e. The minimum absolute atomic E-state index is 0. The molecule has 0 radical (unpaired) electrons. The Labute approximate surface area is 101 Å². The van der Waals surface area contributed by atoms with Crippen LogP contribution in [-0.4, -0.2) is 23.1 Å². The van der Waals surface area contributed by atoms with Crippen molar-refractivity contribution in [2.45, 2.75) is 6.92 Å². The molecule has 0 atom stereocenters. The van der Waals surface area contributed by atoms with Crippen LogP contribution >= 0.6 is 11.6 Å². The van der Waals surface area contributed by atoms with Crippen LogP contribution in [0.3, 0.4) is 0 Å². The molecule has 0 saturated heterocycles. The van der Waals surface area contributed by atoms with E-state index in [1.807, 2.05) is 31.2 Å². The van der Waals surface area contributed by atoms with E-state index in [-0.39, 0.29) is 47.9 Å². The van der Waals surface area contributed by atoms with E-state index in [0.717, 1.165) is 5.02 Å². The molecule has 1 aromatic rings. The fraction of sp³-hybridized carbons (Fsp3) is 0.143. The van der Waals surface area contributed by atoms with Crippen LogP contribution in [0.1, 0.15) is 5.56 Å². The van der Waals surface area contributed by atoms with Crippen LogP contribution in [0.15, 0.2) is 24.3 Å². The molecule has 0 unspecified atom stereocenters. The second kappa shape index (κ2) is 8.95. The van der Waals surface area contributed by atoms with Gasteiger partial charge >= 0.3 is 23.1 Å². The monoisotopic (exact) mass is 220 g/mol. The van der Waals surface area contributed by atoms with Crippen molar-refractivity contribution in [3.05, 3.63) is 34.9 Å². The van der Waals surface area contributed by atoms with Crippen molar-refractivity contribution in [1.29, 1.82) is 0 Å². The average molecular weight is 222 g/mol. The van der Waals surface area contributed by atoms with Crippen molar-refractivity contribution in [3.63, 3.8) is 0 Å². The smallest absolute Gasteiger partial charge is 1.00 e. The molecule has 4 heteroatoms. The summed E-state index contributed by atoms with van der Waals surface area (Å²) in [5.41, 5.74) is 1.21. The fourth-order valence-electron chi connectivity index (χ4n) is 0.606. The molecule has 0 nitrogen and oxygen atoms in total. The third kappa shape index (κ3) is 7.22. The SMILES string of the molecule is Cc1cccc(Cl)c1.[Cl-].[Cl-].[Mg+2]. The Kier molecular flexibility index (Phi) is 14.5. The van der Waals surface area contributed by atoms with E-state index >= 15 is 0 Å². The van der Waals surface area contributed by atoms with E-state index < -0.39 is 0 Å². The van der Waals surface area contributed by atoms with Gasteiger partial charge in [0.25, 0.3) is 0 Å². The summed E-state index contributed by atoms with van der Waals surface area (Å²) < 4.78 is 0. The summed E-state index contributed by atoms with van der Waals surface area (Å²) in [6, 6.07) is 7.76. The minimum atomic E-state index is 0. The average Bonchev–Trinajstić information content (AvgIpc) is 1.64. The van der Waals surface area contributed by atoms with Crippen LogP contribution in [0, 0.1) is 6.92 Å². The molecule has 1 rings (SSSR count). The summed E-state index contributed by atoms with van der Waals surface area (Å²) in [5, 5.41) is 0.810. The van der Waals surface area contributed by atoms with Crippen molar-refractivity contribution in [3.8, 4) is 0 Å². The summed E-state index contributed by atoms with van der Waals surface area (Å²) >= 11 is 5.64. The van der Waals surface area contributed by atoms with Gasteiger partial charge in [-0.1, -0.05) is 23.7 Å². The largest absolute Gasteiger partial charge is 2.00 e. The maximum atomic E-state index is 5.64. The van der Waals surface area contributed by atoms with Crippen LogP contribution < -0.4 is 24.8 Å². The Morgan fingerprint density at radius 1 is 1.18 bits per heavy atom. The fourth-order valence-corrected chi connectivity index (χ4v) is 0.850. The van der Waals surface area contributed by atoms with Gasteiger partial charge in [-0.2, -0.15) is 0 Å². The first-order chi connectivity index (χ1) is 3.79. The number of aryl methyl sites for hydroxylation is 1. The molecule has 0 fully saturated rings. The molecule has 1 aromatic carbocycles. The topological polar surface area (TPSA) is 0 Å². The standard InChI is InChI=1S/C7H7Cl.2ClH.Mg/c1-6-3-2-4-7(8)5-6;;;/h2-5H,1H3;2*1H;/q;;;+2/p-2. The van der Waals surface area contributed by atoms with Gasteiger partial charge in [0.1, 0.15) is 0 Å². The molecule has 0 N–H and O–H groups in total. The summed E-state index contributed by atoms with van der Waals surface area (Å²) in [6.07, 6.45) is 0. The summed E-state index contributed by atoms with van der Waals surface area (Å²) in [4.78, 5) is 0. The maximum absolute atomic E-state index is 5.64.